The highest BCUT2D eigenvalue weighted by atomic mass is 32.1. The number of hydrazone groups is 1. The van der Waals surface area contributed by atoms with Crippen molar-refractivity contribution in [2.75, 3.05) is 12.4 Å². The third kappa shape index (κ3) is 6.84. The van der Waals surface area contributed by atoms with Crippen LogP contribution in [0.15, 0.2) is 65.1 Å². The molecule has 0 unspecified atom stereocenters. The number of carbonyl (C=O) groups is 3. The van der Waals surface area contributed by atoms with Gasteiger partial charge in [-0.1, -0.05) is 35.6 Å². The zero-order valence-corrected chi connectivity index (χ0v) is 21.4. The Morgan fingerprint density at radius 3 is 2.65 bits per heavy atom. The molecule has 2 aromatic heterocycles. The maximum absolute atomic E-state index is 12.4. The lowest BCUT2D eigenvalue weighted by atomic mass is 10.1. The monoisotopic (exact) mass is 535 g/mol. The third-order valence-electron chi connectivity index (χ3n) is 4.90. The number of hydrogen-bond donors (Lipinski definition) is 2. The lowest BCUT2D eigenvalue weighted by Crippen LogP contribution is -2.19. The van der Waals surface area contributed by atoms with Gasteiger partial charge in [0.15, 0.2) is 11.5 Å². The molecule has 2 N–H and O–H groups in total. The summed E-state index contributed by atoms with van der Waals surface area (Å²) >= 11 is 2.39. The number of aryl methyl sites for hydroxylation is 1. The van der Waals surface area contributed by atoms with Gasteiger partial charge in [0.2, 0.25) is 11.0 Å². The molecule has 12 heteroatoms. The van der Waals surface area contributed by atoms with E-state index >= 15 is 0 Å². The summed E-state index contributed by atoms with van der Waals surface area (Å²) in [5.41, 5.74) is 4.42. The fourth-order valence-corrected chi connectivity index (χ4v) is 4.45. The van der Waals surface area contributed by atoms with E-state index in [1.807, 2.05) is 19.1 Å². The molecule has 2 heterocycles. The van der Waals surface area contributed by atoms with Crippen LogP contribution in [0.5, 0.6) is 11.5 Å². The second kappa shape index (κ2) is 12.0. The van der Waals surface area contributed by atoms with Gasteiger partial charge < -0.3 is 9.47 Å². The molecule has 0 saturated carbocycles. The van der Waals surface area contributed by atoms with Crippen molar-refractivity contribution in [1.82, 2.24) is 15.6 Å². The van der Waals surface area contributed by atoms with Crippen molar-refractivity contribution in [3.8, 4) is 11.5 Å². The number of anilines is 1. The molecule has 0 fully saturated rings. The van der Waals surface area contributed by atoms with Gasteiger partial charge in [-0.25, -0.2) is 10.2 Å². The number of rotatable bonds is 9. The number of carbonyl (C=O) groups excluding carboxylic acids is 3. The Hall–Kier alpha value is -4.42. The minimum Gasteiger partial charge on any atom is -0.493 e. The van der Waals surface area contributed by atoms with Crippen molar-refractivity contribution in [3.05, 3.63) is 86.6 Å². The van der Waals surface area contributed by atoms with Crippen molar-refractivity contribution in [1.29, 1.82) is 0 Å². The van der Waals surface area contributed by atoms with Crippen LogP contribution in [0.1, 0.15) is 36.2 Å². The number of nitrogens with one attached hydrogen (secondary N) is 2. The summed E-state index contributed by atoms with van der Waals surface area (Å²) in [6.07, 6.45) is 1.37. The fourth-order valence-electron chi connectivity index (χ4n) is 3.12. The van der Waals surface area contributed by atoms with Crippen molar-refractivity contribution in [2.45, 2.75) is 13.3 Å². The van der Waals surface area contributed by atoms with Crippen LogP contribution in [0, 0.1) is 6.92 Å². The molecule has 0 saturated heterocycles. The van der Waals surface area contributed by atoms with Crippen molar-refractivity contribution < 1.29 is 23.9 Å². The summed E-state index contributed by atoms with van der Waals surface area (Å²) in [5.74, 6) is -0.565. The van der Waals surface area contributed by atoms with Crippen LogP contribution in [0.2, 0.25) is 0 Å². The highest BCUT2D eigenvalue weighted by molar-refractivity contribution is 7.15. The van der Waals surface area contributed by atoms with Crippen LogP contribution in [-0.4, -0.2) is 41.3 Å². The number of methoxy groups -OCH3 is 1. The number of ether oxygens (including phenoxy) is 2. The van der Waals surface area contributed by atoms with E-state index < -0.39 is 11.9 Å². The molecule has 0 aliphatic rings. The van der Waals surface area contributed by atoms with Crippen LogP contribution in [0.25, 0.3) is 0 Å². The van der Waals surface area contributed by atoms with Crippen molar-refractivity contribution in [2.24, 2.45) is 5.10 Å². The van der Waals surface area contributed by atoms with Gasteiger partial charge in [-0.2, -0.15) is 5.10 Å². The Morgan fingerprint density at radius 1 is 1.05 bits per heavy atom. The van der Waals surface area contributed by atoms with Crippen LogP contribution in [-0.2, 0) is 11.2 Å². The molecule has 2 amide bonds. The molecule has 4 aromatic rings. The van der Waals surface area contributed by atoms with Gasteiger partial charge in [0, 0.05) is 5.56 Å². The van der Waals surface area contributed by atoms with Gasteiger partial charge in [0.05, 0.1) is 19.7 Å². The summed E-state index contributed by atoms with van der Waals surface area (Å²) in [6, 6.07) is 15.5. The minimum absolute atomic E-state index is 0.0594. The summed E-state index contributed by atoms with van der Waals surface area (Å²) < 4.78 is 10.7. The molecule has 0 aliphatic heterocycles. The van der Waals surface area contributed by atoms with E-state index in [0.29, 0.717) is 31.9 Å². The van der Waals surface area contributed by atoms with E-state index in [1.54, 1.807) is 47.8 Å². The SMILES string of the molecule is COc1cc(C=NNC(=O)Cc2nnc(NC(=O)c3ccccc3C)s2)ccc1OC(=O)c1cccs1. The number of nitrogens with zero attached hydrogens (tertiary/aromatic N) is 3. The third-order valence-corrected chi connectivity index (χ3v) is 6.59. The molecule has 2 aromatic carbocycles. The highest BCUT2D eigenvalue weighted by Gasteiger charge is 2.15. The number of benzene rings is 2. The molecule has 0 radical (unpaired) electrons. The lowest BCUT2D eigenvalue weighted by molar-refractivity contribution is -0.120. The number of aromatic nitrogens is 2. The van der Waals surface area contributed by atoms with Crippen LogP contribution in [0.4, 0.5) is 5.13 Å². The summed E-state index contributed by atoms with van der Waals surface area (Å²) in [7, 11) is 1.46. The maximum Gasteiger partial charge on any atom is 0.353 e. The first-order chi connectivity index (χ1) is 17.9. The van der Waals surface area contributed by atoms with Gasteiger partial charge in [-0.15, -0.1) is 21.5 Å². The van der Waals surface area contributed by atoms with Crippen molar-refractivity contribution >= 4 is 51.8 Å². The molecule has 188 valence electrons. The molecule has 10 nitrogen and oxygen atoms in total. The Bertz CT molecular complexity index is 1450. The van der Waals surface area contributed by atoms with E-state index in [2.05, 4.69) is 26.0 Å². The standard InChI is InChI=1S/C25H21N5O5S2/c1-15-6-3-4-7-17(15)23(32)27-25-30-29-22(37-25)13-21(31)28-26-14-16-9-10-18(19(12-16)34-2)35-24(33)20-8-5-11-36-20/h3-12,14H,13H2,1-2H3,(H,28,31)(H,27,30,32). The largest absolute Gasteiger partial charge is 0.493 e. The average molecular weight is 536 g/mol. The number of hydrogen-bond acceptors (Lipinski definition) is 10. The summed E-state index contributed by atoms with van der Waals surface area (Å²) in [4.78, 5) is 37.3. The minimum atomic E-state index is -0.475. The second-order valence-electron chi connectivity index (χ2n) is 7.52. The number of amides is 2. The van der Waals surface area contributed by atoms with E-state index in [9.17, 15) is 14.4 Å². The summed E-state index contributed by atoms with van der Waals surface area (Å²) in [5, 5.41) is 17.0. The average Bonchev–Trinajstić information content (AvgIpc) is 3.58. The smallest absolute Gasteiger partial charge is 0.353 e. The second-order valence-corrected chi connectivity index (χ2v) is 9.53. The van der Waals surface area contributed by atoms with Crippen LogP contribution < -0.4 is 20.2 Å². The maximum atomic E-state index is 12.4. The predicted octanol–water partition coefficient (Wildman–Crippen LogP) is 4.08. The first-order valence-electron chi connectivity index (χ1n) is 10.9. The molecule has 0 aliphatic carbocycles. The number of thiophene rings is 1. The molecule has 0 spiro atoms. The normalized spacial score (nSPS) is 10.8. The van der Waals surface area contributed by atoms with E-state index in [0.717, 1.165) is 16.9 Å². The Kier molecular flexibility index (Phi) is 8.33. The molecule has 0 atom stereocenters. The molecular weight excluding hydrogens is 514 g/mol. The lowest BCUT2D eigenvalue weighted by Gasteiger charge is -2.09. The van der Waals surface area contributed by atoms with E-state index in [4.69, 9.17) is 9.47 Å². The number of esters is 1. The van der Waals surface area contributed by atoms with Gasteiger partial charge in [-0.3, -0.25) is 14.9 Å². The van der Waals surface area contributed by atoms with Crippen LogP contribution in [0.3, 0.4) is 0 Å². The Balaban J connectivity index is 1.30. The molecule has 0 bridgehead atoms. The molecular formula is C25H21N5O5S2. The fraction of sp³-hybridized carbons (Fsp3) is 0.120. The topological polar surface area (TPSA) is 132 Å². The van der Waals surface area contributed by atoms with Crippen LogP contribution >= 0.6 is 22.7 Å². The summed E-state index contributed by atoms with van der Waals surface area (Å²) in [6.45, 7) is 1.84. The Labute approximate surface area is 220 Å². The van der Waals surface area contributed by atoms with Crippen molar-refractivity contribution in [3.63, 3.8) is 0 Å². The molecule has 4 rings (SSSR count). The van der Waals surface area contributed by atoms with E-state index in [1.165, 1.54) is 24.7 Å². The highest BCUT2D eigenvalue weighted by Crippen LogP contribution is 2.29. The first kappa shape index (κ1) is 25.7. The Morgan fingerprint density at radius 2 is 1.89 bits per heavy atom. The molecule has 37 heavy (non-hydrogen) atoms. The van der Waals surface area contributed by atoms with Gasteiger partial charge in [-0.05, 0) is 53.8 Å². The zero-order chi connectivity index (χ0) is 26.2. The first-order valence-corrected chi connectivity index (χ1v) is 12.6. The van der Waals surface area contributed by atoms with Gasteiger partial charge in [0.1, 0.15) is 9.88 Å². The van der Waals surface area contributed by atoms with E-state index in [-0.39, 0.29) is 18.1 Å². The van der Waals surface area contributed by atoms with Gasteiger partial charge in [0.25, 0.3) is 5.91 Å². The van der Waals surface area contributed by atoms with Gasteiger partial charge >= 0.3 is 5.97 Å². The zero-order valence-electron chi connectivity index (χ0n) is 19.8. The quantitative estimate of drug-likeness (QED) is 0.143. The predicted molar refractivity (Wildman–Crippen MR) is 141 cm³/mol.